The fraction of sp³-hybridized carbons (Fsp3) is 0.235. The summed E-state index contributed by atoms with van der Waals surface area (Å²) in [4.78, 5) is 12.2. The molecular formula is C17H19BrN2O. The van der Waals surface area contributed by atoms with Gasteiger partial charge >= 0.3 is 0 Å². The van der Waals surface area contributed by atoms with Gasteiger partial charge in [0.1, 0.15) is 0 Å². The maximum atomic E-state index is 12.2. The van der Waals surface area contributed by atoms with Crippen molar-refractivity contribution >= 4 is 21.8 Å². The zero-order valence-electron chi connectivity index (χ0n) is 11.9. The Hall–Kier alpha value is -1.65. The molecule has 0 aliphatic heterocycles. The lowest BCUT2D eigenvalue weighted by Gasteiger charge is -2.18. The monoisotopic (exact) mass is 346 g/mol. The van der Waals surface area contributed by atoms with Crippen molar-refractivity contribution in [2.75, 3.05) is 0 Å². The van der Waals surface area contributed by atoms with Crippen molar-refractivity contribution in [3.63, 3.8) is 0 Å². The third-order valence-electron chi connectivity index (χ3n) is 3.34. The number of halogens is 1. The fourth-order valence-electron chi connectivity index (χ4n) is 2.14. The van der Waals surface area contributed by atoms with Crippen LogP contribution < -0.4 is 11.1 Å². The Morgan fingerprint density at radius 2 is 1.90 bits per heavy atom. The number of hydrogen-bond acceptors (Lipinski definition) is 2. The Labute approximate surface area is 133 Å². The largest absolute Gasteiger partial charge is 0.348 e. The highest BCUT2D eigenvalue weighted by Gasteiger charge is 2.17. The van der Waals surface area contributed by atoms with E-state index in [1.165, 1.54) is 0 Å². The minimum atomic E-state index is -0.540. The summed E-state index contributed by atoms with van der Waals surface area (Å²) in [6.07, 6.45) is 0.540. The molecule has 1 amide bonds. The highest BCUT2D eigenvalue weighted by molar-refractivity contribution is 9.10. The van der Waals surface area contributed by atoms with Gasteiger partial charge in [-0.05, 0) is 36.6 Å². The van der Waals surface area contributed by atoms with E-state index in [0.29, 0.717) is 6.42 Å². The average molecular weight is 347 g/mol. The van der Waals surface area contributed by atoms with E-state index in [9.17, 15) is 4.79 Å². The second kappa shape index (κ2) is 7.38. The first-order valence-corrected chi connectivity index (χ1v) is 7.71. The number of benzene rings is 2. The molecule has 0 aliphatic rings. The standard InChI is InChI=1S/C17H19BrN2O/c1-12(14-8-5-9-15(18)11-14)20-17(21)16(19)10-13-6-3-2-4-7-13/h2-9,11-12,16H,10,19H2,1H3,(H,20,21)/t12-,16-/m1/s1. The van der Waals surface area contributed by atoms with Gasteiger partial charge in [0.2, 0.25) is 5.91 Å². The van der Waals surface area contributed by atoms with Crippen molar-refractivity contribution < 1.29 is 4.79 Å². The molecular weight excluding hydrogens is 328 g/mol. The van der Waals surface area contributed by atoms with E-state index in [0.717, 1.165) is 15.6 Å². The average Bonchev–Trinajstić information content (AvgIpc) is 2.48. The fourth-order valence-corrected chi connectivity index (χ4v) is 2.56. The minimum absolute atomic E-state index is 0.0724. The summed E-state index contributed by atoms with van der Waals surface area (Å²) in [5, 5.41) is 2.96. The number of nitrogens with two attached hydrogens (primary N) is 1. The molecule has 0 aliphatic carbocycles. The molecule has 2 aromatic rings. The highest BCUT2D eigenvalue weighted by Crippen LogP contribution is 2.18. The van der Waals surface area contributed by atoms with Gasteiger partial charge in [0.15, 0.2) is 0 Å². The third-order valence-corrected chi connectivity index (χ3v) is 3.84. The van der Waals surface area contributed by atoms with E-state index in [1.807, 2.05) is 61.5 Å². The molecule has 21 heavy (non-hydrogen) atoms. The number of rotatable bonds is 5. The number of nitrogens with one attached hydrogen (secondary N) is 1. The lowest BCUT2D eigenvalue weighted by atomic mass is 10.0. The van der Waals surface area contributed by atoms with E-state index in [2.05, 4.69) is 21.2 Å². The molecule has 0 spiro atoms. The van der Waals surface area contributed by atoms with Crippen LogP contribution >= 0.6 is 15.9 Å². The Morgan fingerprint density at radius 1 is 1.19 bits per heavy atom. The van der Waals surface area contributed by atoms with Gasteiger partial charge in [0, 0.05) is 4.47 Å². The first-order chi connectivity index (χ1) is 10.1. The van der Waals surface area contributed by atoms with Crippen LogP contribution in [0, 0.1) is 0 Å². The smallest absolute Gasteiger partial charge is 0.237 e. The third kappa shape index (κ3) is 4.69. The summed E-state index contributed by atoms with van der Waals surface area (Å²) in [5.41, 5.74) is 8.10. The Morgan fingerprint density at radius 3 is 2.57 bits per heavy atom. The Bertz CT molecular complexity index is 601. The molecule has 2 aromatic carbocycles. The maximum absolute atomic E-state index is 12.2. The van der Waals surface area contributed by atoms with Gasteiger partial charge in [-0.25, -0.2) is 0 Å². The number of amides is 1. The molecule has 0 fully saturated rings. The number of carbonyl (C=O) groups is 1. The zero-order valence-corrected chi connectivity index (χ0v) is 13.5. The Balaban J connectivity index is 1.94. The van der Waals surface area contributed by atoms with Crippen LogP contribution in [0.25, 0.3) is 0 Å². The van der Waals surface area contributed by atoms with Crippen molar-refractivity contribution in [2.24, 2.45) is 5.73 Å². The molecule has 3 N–H and O–H groups in total. The van der Waals surface area contributed by atoms with Gasteiger partial charge < -0.3 is 11.1 Å². The second-order valence-electron chi connectivity index (χ2n) is 5.08. The molecule has 0 heterocycles. The number of hydrogen-bond donors (Lipinski definition) is 2. The summed E-state index contributed by atoms with van der Waals surface area (Å²) < 4.78 is 0.995. The quantitative estimate of drug-likeness (QED) is 0.873. The van der Waals surface area contributed by atoms with Crippen molar-refractivity contribution in [1.82, 2.24) is 5.32 Å². The molecule has 0 bridgehead atoms. The van der Waals surface area contributed by atoms with Crippen LogP contribution in [0.15, 0.2) is 59.1 Å². The van der Waals surface area contributed by atoms with Crippen molar-refractivity contribution in [3.8, 4) is 0 Å². The summed E-state index contributed by atoms with van der Waals surface area (Å²) in [5.74, 6) is -0.133. The molecule has 4 heteroatoms. The van der Waals surface area contributed by atoms with E-state index in [4.69, 9.17) is 5.73 Å². The topological polar surface area (TPSA) is 55.1 Å². The van der Waals surface area contributed by atoms with Gasteiger partial charge in [-0.3, -0.25) is 4.79 Å². The van der Waals surface area contributed by atoms with Crippen LogP contribution in [0.3, 0.4) is 0 Å². The summed E-state index contributed by atoms with van der Waals surface area (Å²) in [6, 6.07) is 17.1. The highest BCUT2D eigenvalue weighted by atomic mass is 79.9. The molecule has 2 atom stereocenters. The normalized spacial score (nSPS) is 13.5. The minimum Gasteiger partial charge on any atom is -0.348 e. The van der Waals surface area contributed by atoms with E-state index in [-0.39, 0.29) is 11.9 Å². The first-order valence-electron chi connectivity index (χ1n) is 6.91. The zero-order chi connectivity index (χ0) is 15.2. The van der Waals surface area contributed by atoms with Crippen LogP contribution in [0.5, 0.6) is 0 Å². The summed E-state index contributed by atoms with van der Waals surface area (Å²) >= 11 is 3.43. The molecule has 0 radical (unpaired) electrons. The molecule has 3 nitrogen and oxygen atoms in total. The second-order valence-corrected chi connectivity index (χ2v) is 6.00. The van der Waals surface area contributed by atoms with Gasteiger partial charge in [0.25, 0.3) is 0 Å². The van der Waals surface area contributed by atoms with Gasteiger partial charge in [-0.2, -0.15) is 0 Å². The van der Waals surface area contributed by atoms with Crippen molar-refractivity contribution in [1.29, 1.82) is 0 Å². The molecule has 0 saturated heterocycles. The van der Waals surface area contributed by atoms with E-state index < -0.39 is 6.04 Å². The van der Waals surface area contributed by atoms with E-state index >= 15 is 0 Å². The lowest BCUT2D eigenvalue weighted by molar-refractivity contribution is -0.123. The first kappa shape index (κ1) is 15.7. The van der Waals surface area contributed by atoms with Gasteiger partial charge in [-0.1, -0.05) is 58.4 Å². The van der Waals surface area contributed by atoms with E-state index in [1.54, 1.807) is 0 Å². The lowest BCUT2D eigenvalue weighted by Crippen LogP contribution is -2.42. The molecule has 0 unspecified atom stereocenters. The van der Waals surface area contributed by atoms with Gasteiger partial charge in [-0.15, -0.1) is 0 Å². The summed E-state index contributed by atoms with van der Waals surface area (Å²) in [6.45, 7) is 1.95. The predicted molar refractivity (Wildman–Crippen MR) is 88.8 cm³/mol. The number of carbonyl (C=O) groups excluding carboxylic acids is 1. The molecule has 2 rings (SSSR count). The van der Waals surface area contributed by atoms with Crippen molar-refractivity contribution in [3.05, 3.63) is 70.2 Å². The molecule has 110 valence electrons. The van der Waals surface area contributed by atoms with Gasteiger partial charge in [0.05, 0.1) is 12.1 Å². The van der Waals surface area contributed by atoms with Crippen LogP contribution in [-0.2, 0) is 11.2 Å². The molecule has 0 aromatic heterocycles. The van der Waals surface area contributed by atoms with Crippen LogP contribution in [0.1, 0.15) is 24.1 Å². The van der Waals surface area contributed by atoms with Crippen LogP contribution in [0.2, 0.25) is 0 Å². The van der Waals surface area contributed by atoms with Crippen LogP contribution in [-0.4, -0.2) is 11.9 Å². The summed E-state index contributed by atoms with van der Waals surface area (Å²) in [7, 11) is 0. The maximum Gasteiger partial charge on any atom is 0.237 e. The molecule has 0 saturated carbocycles. The van der Waals surface area contributed by atoms with Crippen LogP contribution in [0.4, 0.5) is 0 Å². The van der Waals surface area contributed by atoms with Crippen molar-refractivity contribution in [2.45, 2.75) is 25.4 Å². The Kier molecular flexibility index (Phi) is 5.53. The predicted octanol–water partition coefficient (Wildman–Crippen LogP) is 3.20. The SMILES string of the molecule is C[C@@H](NC(=O)[C@H](N)Cc1ccccc1)c1cccc(Br)c1.